The largest absolute Gasteiger partial charge is 0.490 e. The monoisotopic (exact) mass is 396 g/mol. The number of halogens is 3. The van der Waals surface area contributed by atoms with Crippen molar-refractivity contribution in [2.45, 2.75) is 38.9 Å². The molecule has 0 heterocycles. The molecule has 0 aliphatic carbocycles. The van der Waals surface area contributed by atoms with Crippen LogP contribution in [0.25, 0.3) is 0 Å². The Kier molecular flexibility index (Phi) is 8.66. The van der Waals surface area contributed by atoms with Crippen molar-refractivity contribution in [3.63, 3.8) is 0 Å². The van der Waals surface area contributed by atoms with Gasteiger partial charge in [-0.2, -0.15) is 13.2 Å². The second-order valence-electron chi connectivity index (χ2n) is 6.22. The molecule has 0 unspecified atom stereocenters. The van der Waals surface area contributed by atoms with Gasteiger partial charge in [-0.3, -0.25) is 4.79 Å². The third kappa shape index (κ3) is 8.22. The molecule has 0 bridgehead atoms. The van der Waals surface area contributed by atoms with Crippen LogP contribution in [0.4, 0.5) is 18.9 Å². The lowest BCUT2D eigenvalue weighted by molar-refractivity contribution is -0.192. The Morgan fingerprint density at radius 2 is 1.64 bits per heavy atom. The molecule has 28 heavy (non-hydrogen) atoms. The zero-order valence-corrected chi connectivity index (χ0v) is 15.6. The van der Waals surface area contributed by atoms with Crippen molar-refractivity contribution in [1.82, 2.24) is 0 Å². The SMILES string of the molecule is Cc1ccc(NC(=O)[C@H](N)CCc2ccccc2)cc1C.O=C(O)C(F)(F)F. The number of carbonyl (C=O) groups is 2. The number of carboxylic acid groups (broad SMARTS) is 1. The number of benzene rings is 2. The summed E-state index contributed by atoms with van der Waals surface area (Å²) in [6.07, 6.45) is -3.64. The zero-order chi connectivity index (χ0) is 21.3. The molecule has 2 aromatic rings. The van der Waals surface area contributed by atoms with Gasteiger partial charge in [-0.05, 0) is 55.5 Å². The number of hydrogen-bond donors (Lipinski definition) is 3. The first-order chi connectivity index (χ1) is 13.0. The van der Waals surface area contributed by atoms with Crippen molar-refractivity contribution in [3.05, 3.63) is 65.2 Å². The van der Waals surface area contributed by atoms with Crippen molar-refractivity contribution >= 4 is 17.6 Å². The van der Waals surface area contributed by atoms with Crippen LogP contribution >= 0.6 is 0 Å². The fourth-order valence-electron chi connectivity index (χ4n) is 2.15. The molecular formula is C20H23F3N2O3. The minimum atomic E-state index is -5.08. The maximum atomic E-state index is 12.1. The van der Waals surface area contributed by atoms with E-state index in [1.54, 1.807) is 0 Å². The third-order valence-electron chi connectivity index (χ3n) is 3.94. The van der Waals surface area contributed by atoms with Crippen molar-refractivity contribution < 1.29 is 27.9 Å². The molecule has 1 amide bonds. The van der Waals surface area contributed by atoms with E-state index in [0.29, 0.717) is 6.42 Å². The second-order valence-corrected chi connectivity index (χ2v) is 6.22. The molecule has 0 aliphatic heterocycles. The Morgan fingerprint density at radius 1 is 1.07 bits per heavy atom. The number of amides is 1. The fourth-order valence-corrected chi connectivity index (χ4v) is 2.15. The van der Waals surface area contributed by atoms with Gasteiger partial charge in [0.1, 0.15) is 0 Å². The molecule has 8 heteroatoms. The highest BCUT2D eigenvalue weighted by Crippen LogP contribution is 2.15. The van der Waals surface area contributed by atoms with Crippen LogP contribution in [-0.4, -0.2) is 29.2 Å². The lowest BCUT2D eigenvalue weighted by atomic mass is 10.0. The highest BCUT2D eigenvalue weighted by atomic mass is 19.4. The lowest BCUT2D eigenvalue weighted by Gasteiger charge is -2.13. The Bertz CT molecular complexity index is 793. The number of nitrogens with one attached hydrogen (secondary N) is 1. The number of rotatable bonds is 5. The molecule has 0 aromatic heterocycles. The summed E-state index contributed by atoms with van der Waals surface area (Å²) in [6.45, 7) is 4.08. The Labute approximate surface area is 161 Å². The van der Waals surface area contributed by atoms with Crippen LogP contribution in [0.3, 0.4) is 0 Å². The summed E-state index contributed by atoms with van der Waals surface area (Å²) in [7, 11) is 0. The molecule has 0 spiro atoms. The molecule has 2 rings (SSSR count). The quantitative estimate of drug-likeness (QED) is 0.716. The summed E-state index contributed by atoms with van der Waals surface area (Å²) in [5.41, 5.74) is 10.3. The topological polar surface area (TPSA) is 92.4 Å². The molecular weight excluding hydrogens is 373 g/mol. The predicted molar refractivity (Wildman–Crippen MR) is 101 cm³/mol. The van der Waals surface area contributed by atoms with E-state index in [1.807, 2.05) is 62.4 Å². The standard InChI is InChI=1S/C18H22N2O.C2HF3O2/c1-13-8-10-16(12-14(13)2)20-18(21)17(19)11-9-15-6-4-3-5-7-15;3-2(4,5)1(6)7/h3-8,10,12,17H,9,11,19H2,1-2H3,(H,20,21);(H,6,7)/t17-;/m1./s1. The third-order valence-corrected chi connectivity index (χ3v) is 3.94. The molecule has 5 nitrogen and oxygen atoms in total. The highest BCUT2D eigenvalue weighted by Gasteiger charge is 2.38. The Balaban J connectivity index is 0.000000480. The maximum Gasteiger partial charge on any atom is 0.490 e. The summed E-state index contributed by atoms with van der Waals surface area (Å²) < 4.78 is 31.7. The van der Waals surface area contributed by atoms with E-state index < -0.39 is 18.2 Å². The van der Waals surface area contributed by atoms with Crippen molar-refractivity contribution in [3.8, 4) is 0 Å². The predicted octanol–water partition coefficient (Wildman–Crippen LogP) is 3.84. The second kappa shape index (κ2) is 10.5. The van der Waals surface area contributed by atoms with E-state index in [9.17, 15) is 18.0 Å². The van der Waals surface area contributed by atoms with Gasteiger partial charge in [0.2, 0.25) is 5.91 Å². The average molecular weight is 396 g/mol. The fraction of sp³-hybridized carbons (Fsp3) is 0.300. The average Bonchev–Trinajstić information content (AvgIpc) is 2.63. The number of aryl methyl sites for hydroxylation is 3. The summed E-state index contributed by atoms with van der Waals surface area (Å²) in [5, 5.41) is 10.0. The van der Waals surface area contributed by atoms with Gasteiger partial charge in [0, 0.05) is 5.69 Å². The minimum absolute atomic E-state index is 0.130. The summed E-state index contributed by atoms with van der Waals surface area (Å²) >= 11 is 0. The summed E-state index contributed by atoms with van der Waals surface area (Å²) in [6, 6.07) is 15.5. The van der Waals surface area contributed by atoms with Gasteiger partial charge in [0.25, 0.3) is 0 Å². The molecule has 4 N–H and O–H groups in total. The molecule has 0 saturated heterocycles. The molecule has 2 aromatic carbocycles. The van der Waals surface area contributed by atoms with Crippen LogP contribution in [0.5, 0.6) is 0 Å². The normalized spacial score (nSPS) is 11.8. The lowest BCUT2D eigenvalue weighted by Crippen LogP contribution is -2.36. The molecule has 0 radical (unpaired) electrons. The molecule has 152 valence electrons. The zero-order valence-electron chi connectivity index (χ0n) is 15.6. The van der Waals surface area contributed by atoms with E-state index in [1.165, 1.54) is 11.1 Å². The van der Waals surface area contributed by atoms with E-state index in [0.717, 1.165) is 17.7 Å². The first-order valence-electron chi connectivity index (χ1n) is 8.48. The summed E-state index contributed by atoms with van der Waals surface area (Å²) in [4.78, 5) is 21.0. The minimum Gasteiger partial charge on any atom is -0.475 e. The van der Waals surface area contributed by atoms with Crippen LogP contribution < -0.4 is 11.1 Å². The van der Waals surface area contributed by atoms with Crippen LogP contribution in [0.15, 0.2) is 48.5 Å². The van der Waals surface area contributed by atoms with E-state index in [-0.39, 0.29) is 5.91 Å². The van der Waals surface area contributed by atoms with E-state index in [4.69, 9.17) is 15.6 Å². The van der Waals surface area contributed by atoms with Gasteiger partial charge in [-0.1, -0.05) is 36.4 Å². The molecule has 1 atom stereocenters. The Hall–Kier alpha value is -2.87. The number of carboxylic acids is 1. The number of alkyl halides is 3. The van der Waals surface area contributed by atoms with Gasteiger partial charge >= 0.3 is 12.1 Å². The van der Waals surface area contributed by atoms with E-state index in [2.05, 4.69) is 5.32 Å². The number of anilines is 1. The Morgan fingerprint density at radius 3 is 2.14 bits per heavy atom. The van der Waals surface area contributed by atoms with Gasteiger partial charge in [-0.15, -0.1) is 0 Å². The van der Waals surface area contributed by atoms with E-state index >= 15 is 0 Å². The smallest absolute Gasteiger partial charge is 0.475 e. The van der Waals surface area contributed by atoms with Crippen LogP contribution in [-0.2, 0) is 16.0 Å². The number of nitrogens with two attached hydrogens (primary N) is 1. The molecule has 0 fully saturated rings. The van der Waals surface area contributed by atoms with Gasteiger partial charge in [-0.25, -0.2) is 4.79 Å². The van der Waals surface area contributed by atoms with Crippen molar-refractivity contribution in [2.75, 3.05) is 5.32 Å². The number of carbonyl (C=O) groups excluding carboxylic acids is 1. The van der Waals surface area contributed by atoms with Crippen molar-refractivity contribution in [2.24, 2.45) is 5.73 Å². The first-order valence-corrected chi connectivity index (χ1v) is 8.48. The van der Waals surface area contributed by atoms with Crippen LogP contribution in [0.2, 0.25) is 0 Å². The maximum absolute atomic E-state index is 12.1. The highest BCUT2D eigenvalue weighted by molar-refractivity contribution is 5.94. The summed E-state index contributed by atoms with van der Waals surface area (Å²) in [5.74, 6) is -2.89. The van der Waals surface area contributed by atoms with Gasteiger partial charge in [0.15, 0.2) is 0 Å². The number of aliphatic carboxylic acids is 1. The van der Waals surface area contributed by atoms with Crippen molar-refractivity contribution in [1.29, 1.82) is 0 Å². The number of hydrogen-bond acceptors (Lipinski definition) is 3. The van der Waals surface area contributed by atoms with Gasteiger partial charge in [0.05, 0.1) is 6.04 Å². The molecule has 0 aliphatic rings. The molecule has 0 saturated carbocycles. The van der Waals surface area contributed by atoms with Crippen LogP contribution in [0.1, 0.15) is 23.1 Å². The van der Waals surface area contributed by atoms with Gasteiger partial charge < -0.3 is 16.2 Å². The first kappa shape index (κ1) is 23.2. The van der Waals surface area contributed by atoms with Crippen LogP contribution in [0, 0.1) is 13.8 Å².